The van der Waals surface area contributed by atoms with Crippen molar-refractivity contribution < 1.29 is 9.53 Å². The quantitative estimate of drug-likeness (QED) is 0.267. The zero-order valence-electron chi connectivity index (χ0n) is 18.6. The van der Waals surface area contributed by atoms with Crippen molar-refractivity contribution in [1.82, 2.24) is 0 Å². The van der Waals surface area contributed by atoms with Gasteiger partial charge in [0.25, 0.3) is 0 Å². The van der Waals surface area contributed by atoms with Crippen LogP contribution in [0.3, 0.4) is 0 Å². The molecule has 0 aliphatic carbocycles. The molecule has 160 valence electrons. The van der Waals surface area contributed by atoms with Crippen LogP contribution in [0.5, 0.6) is 0 Å². The van der Waals surface area contributed by atoms with E-state index in [1.54, 1.807) is 0 Å². The molecule has 1 N–H and O–H groups in total. The lowest BCUT2D eigenvalue weighted by Gasteiger charge is -2.22. The Kier molecular flexibility index (Phi) is 10.6. The summed E-state index contributed by atoms with van der Waals surface area (Å²) in [6.07, 6.45) is 11.4. The zero-order valence-corrected chi connectivity index (χ0v) is 18.6. The Morgan fingerprint density at radius 3 is 2.14 bits per heavy atom. The maximum atomic E-state index is 12.6. The first kappa shape index (κ1) is 23.3. The minimum absolute atomic E-state index is 0.146. The SMILES string of the molecule is CCCCCCCCCCCOC(=O)[C@@H](Nc1ccc2ccccc2c1)C(C)C. The number of rotatable bonds is 14. The van der Waals surface area contributed by atoms with Gasteiger partial charge in [-0.05, 0) is 35.2 Å². The third-order valence-corrected chi connectivity index (χ3v) is 5.48. The first-order valence-corrected chi connectivity index (χ1v) is 11.5. The second-order valence-corrected chi connectivity index (χ2v) is 8.42. The molecule has 2 aromatic rings. The topological polar surface area (TPSA) is 38.3 Å². The fourth-order valence-corrected chi connectivity index (χ4v) is 3.63. The number of nitrogens with one attached hydrogen (secondary N) is 1. The minimum Gasteiger partial charge on any atom is -0.464 e. The number of hydrogen-bond donors (Lipinski definition) is 1. The fourth-order valence-electron chi connectivity index (χ4n) is 3.63. The number of carbonyl (C=O) groups excluding carboxylic acids is 1. The number of ether oxygens (including phenoxy) is 1. The lowest BCUT2D eigenvalue weighted by molar-refractivity contribution is -0.145. The molecule has 0 saturated heterocycles. The summed E-state index contributed by atoms with van der Waals surface area (Å²) in [5.74, 6) is 0.0183. The van der Waals surface area contributed by atoms with Crippen LogP contribution < -0.4 is 5.32 Å². The molecular weight excluding hydrogens is 358 g/mol. The van der Waals surface area contributed by atoms with E-state index in [1.165, 1.54) is 55.7 Å². The molecule has 0 radical (unpaired) electrons. The third kappa shape index (κ3) is 8.47. The highest BCUT2D eigenvalue weighted by Gasteiger charge is 2.23. The number of benzene rings is 2. The van der Waals surface area contributed by atoms with E-state index in [4.69, 9.17) is 4.74 Å². The Labute approximate surface area is 177 Å². The smallest absolute Gasteiger partial charge is 0.328 e. The summed E-state index contributed by atoms with van der Waals surface area (Å²) >= 11 is 0. The number of esters is 1. The molecule has 3 heteroatoms. The molecule has 0 aliphatic heterocycles. The standard InChI is InChI=1S/C26H39NO2/c1-4-5-6-7-8-9-10-11-14-19-29-26(28)25(21(2)3)27-24-18-17-22-15-12-13-16-23(22)20-24/h12-13,15-18,20-21,25,27H,4-11,14,19H2,1-3H3/t25-/m0/s1. The molecule has 2 aromatic carbocycles. The van der Waals surface area contributed by atoms with Gasteiger partial charge >= 0.3 is 5.97 Å². The lowest BCUT2D eigenvalue weighted by atomic mass is 10.0. The molecule has 0 unspecified atom stereocenters. The number of carbonyl (C=O) groups is 1. The first-order chi connectivity index (χ1) is 14.1. The van der Waals surface area contributed by atoms with E-state index in [0.717, 1.165) is 18.5 Å². The molecule has 0 bridgehead atoms. The van der Waals surface area contributed by atoms with E-state index in [-0.39, 0.29) is 17.9 Å². The Bertz CT molecular complexity index is 725. The van der Waals surface area contributed by atoms with Crippen molar-refractivity contribution in [2.45, 2.75) is 84.6 Å². The first-order valence-electron chi connectivity index (χ1n) is 11.5. The van der Waals surface area contributed by atoms with Crippen LogP contribution in [0, 0.1) is 5.92 Å². The van der Waals surface area contributed by atoms with E-state index in [2.05, 4.69) is 50.4 Å². The highest BCUT2D eigenvalue weighted by Crippen LogP contribution is 2.21. The van der Waals surface area contributed by atoms with E-state index >= 15 is 0 Å². The van der Waals surface area contributed by atoms with Gasteiger partial charge in [0.2, 0.25) is 0 Å². The maximum Gasteiger partial charge on any atom is 0.328 e. The molecule has 0 spiro atoms. The second kappa shape index (κ2) is 13.2. The average molecular weight is 398 g/mol. The van der Waals surface area contributed by atoms with Gasteiger partial charge in [0.1, 0.15) is 6.04 Å². The second-order valence-electron chi connectivity index (χ2n) is 8.42. The largest absolute Gasteiger partial charge is 0.464 e. The zero-order chi connectivity index (χ0) is 20.9. The van der Waals surface area contributed by atoms with Gasteiger partial charge in [-0.3, -0.25) is 0 Å². The summed E-state index contributed by atoms with van der Waals surface area (Å²) in [5, 5.41) is 5.75. The molecular formula is C26H39NO2. The normalized spacial score (nSPS) is 12.3. The average Bonchev–Trinajstić information content (AvgIpc) is 2.72. The molecule has 3 nitrogen and oxygen atoms in total. The molecule has 29 heavy (non-hydrogen) atoms. The summed E-state index contributed by atoms with van der Waals surface area (Å²) in [6.45, 7) is 6.89. The Hall–Kier alpha value is -2.03. The minimum atomic E-state index is -0.324. The summed E-state index contributed by atoms with van der Waals surface area (Å²) in [5.41, 5.74) is 0.961. The van der Waals surface area contributed by atoms with Crippen LogP contribution in [0.25, 0.3) is 10.8 Å². The van der Waals surface area contributed by atoms with Crippen molar-refractivity contribution in [1.29, 1.82) is 0 Å². The molecule has 0 amide bonds. The fraction of sp³-hybridized carbons (Fsp3) is 0.577. The van der Waals surface area contributed by atoms with Crippen LogP contribution in [-0.2, 0) is 9.53 Å². The predicted molar refractivity (Wildman–Crippen MR) is 124 cm³/mol. The number of fused-ring (bicyclic) bond motifs is 1. The molecule has 0 aliphatic rings. The van der Waals surface area contributed by atoms with Gasteiger partial charge in [-0.25, -0.2) is 4.79 Å². The monoisotopic (exact) mass is 397 g/mol. The Morgan fingerprint density at radius 2 is 1.48 bits per heavy atom. The Balaban J connectivity index is 1.70. The van der Waals surface area contributed by atoms with Gasteiger partial charge in [-0.2, -0.15) is 0 Å². The van der Waals surface area contributed by atoms with Crippen molar-refractivity contribution in [3.05, 3.63) is 42.5 Å². The van der Waals surface area contributed by atoms with Crippen LogP contribution in [0.1, 0.15) is 78.6 Å². The van der Waals surface area contributed by atoms with Crippen molar-refractivity contribution in [2.75, 3.05) is 11.9 Å². The van der Waals surface area contributed by atoms with Crippen molar-refractivity contribution in [3.8, 4) is 0 Å². The summed E-state index contributed by atoms with van der Waals surface area (Å²) in [4.78, 5) is 12.6. The van der Waals surface area contributed by atoms with E-state index in [0.29, 0.717) is 6.61 Å². The number of anilines is 1. The summed E-state index contributed by atoms with van der Waals surface area (Å²) in [6, 6.07) is 14.1. The highest BCUT2D eigenvalue weighted by atomic mass is 16.5. The van der Waals surface area contributed by atoms with Gasteiger partial charge in [0, 0.05) is 5.69 Å². The van der Waals surface area contributed by atoms with Crippen LogP contribution >= 0.6 is 0 Å². The Morgan fingerprint density at radius 1 is 0.862 bits per heavy atom. The van der Waals surface area contributed by atoms with Crippen LogP contribution in [0.2, 0.25) is 0 Å². The van der Waals surface area contributed by atoms with Crippen LogP contribution in [0.4, 0.5) is 5.69 Å². The van der Waals surface area contributed by atoms with E-state index < -0.39 is 0 Å². The van der Waals surface area contributed by atoms with E-state index in [1.807, 2.05) is 18.2 Å². The number of unbranched alkanes of at least 4 members (excludes halogenated alkanes) is 8. The van der Waals surface area contributed by atoms with Gasteiger partial charge in [-0.1, -0.05) is 102 Å². The molecule has 1 atom stereocenters. The predicted octanol–water partition coefficient (Wildman–Crippen LogP) is 7.35. The number of hydrogen-bond acceptors (Lipinski definition) is 3. The maximum absolute atomic E-state index is 12.6. The molecule has 0 saturated carbocycles. The molecule has 0 heterocycles. The summed E-state index contributed by atoms with van der Waals surface area (Å²) in [7, 11) is 0. The van der Waals surface area contributed by atoms with Gasteiger partial charge in [-0.15, -0.1) is 0 Å². The van der Waals surface area contributed by atoms with E-state index in [9.17, 15) is 4.79 Å². The van der Waals surface area contributed by atoms with Crippen LogP contribution in [-0.4, -0.2) is 18.6 Å². The van der Waals surface area contributed by atoms with Crippen LogP contribution in [0.15, 0.2) is 42.5 Å². The summed E-state index contributed by atoms with van der Waals surface area (Å²) < 4.78 is 5.58. The van der Waals surface area contributed by atoms with Crippen molar-refractivity contribution in [2.24, 2.45) is 5.92 Å². The molecule has 0 aromatic heterocycles. The van der Waals surface area contributed by atoms with Gasteiger partial charge in [0.05, 0.1) is 6.61 Å². The third-order valence-electron chi connectivity index (χ3n) is 5.48. The van der Waals surface area contributed by atoms with Gasteiger partial charge < -0.3 is 10.1 Å². The molecule has 2 rings (SSSR count). The van der Waals surface area contributed by atoms with Gasteiger partial charge in [0.15, 0.2) is 0 Å². The molecule has 0 fully saturated rings. The van der Waals surface area contributed by atoms with Crippen molar-refractivity contribution in [3.63, 3.8) is 0 Å². The highest BCUT2D eigenvalue weighted by molar-refractivity contribution is 5.87. The lowest BCUT2D eigenvalue weighted by Crippen LogP contribution is -2.36. The van der Waals surface area contributed by atoms with Crippen molar-refractivity contribution >= 4 is 22.4 Å².